The van der Waals surface area contributed by atoms with E-state index in [1.807, 2.05) is 0 Å². The Balaban J connectivity index is 1.38. The van der Waals surface area contributed by atoms with Gasteiger partial charge < -0.3 is 14.8 Å². The number of anilines is 2. The molecule has 3 amide bonds. The summed E-state index contributed by atoms with van der Waals surface area (Å²) in [5.41, 5.74) is -0.170. The van der Waals surface area contributed by atoms with Crippen molar-refractivity contribution in [3.8, 4) is 17.0 Å². The average Bonchev–Trinajstić information content (AvgIpc) is 3.23. The Morgan fingerprint density at radius 1 is 0.959 bits per heavy atom. The molecule has 1 unspecified atom stereocenters. The minimum absolute atomic E-state index is 0.0706. The lowest BCUT2D eigenvalue weighted by atomic mass is 10.1. The fraction of sp³-hybridized carbons (Fsp3) is 0.265. The molecule has 0 saturated heterocycles. The topological polar surface area (TPSA) is 140 Å². The van der Waals surface area contributed by atoms with Gasteiger partial charge >= 0.3 is 6.09 Å². The van der Waals surface area contributed by atoms with Crippen molar-refractivity contribution in [3.05, 3.63) is 101 Å². The van der Waals surface area contributed by atoms with E-state index in [2.05, 4.69) is 19.6 Å². The van der Waals surface area contributed by atoms with Crippen molar-refractivity contribution in [1.82, 2.24) is 14.9 Å². The predicted octanol–water partition coefficient (Wildman–Crippen LogP) is 6.90. The molecule has 3 aromatic carbocycles. The zero-order valence-corrected chi connectivity index (χ0v) is 27.8. The van der Waals surface area contributed by atoms with Gasteiger partial charge in [-0.1, -0.05) is 12.1 Å². The van der Waals surface area contributed by atoms with Crippen LogP contribution in [0.2, 0.25) is 0 Å². The minimum atomic E-state index is -3.16. The standard InChI is InChI=1S/C34H32F3N5O6S/c1-34(2,3)48-33(45)41-49(4,46)19-20-14-22(39-32-38-18-28(37)29(40-32)26-11-10-21(35)16-27(26)36)17-23(15-20)47-13-7-12-42-30(43)24-8-5-6-9-25(24)31(42)44/h5-6,8-11,14-18H,7,12-13,19H2,1-4H3,(H,38,39,40). The lowest BCUT2D eigenvalue weighted by Gasteiger charge is -2.18. The zero-order valence-electron chi connectivity index (χ0n) is 27.0. The van der Waals surface area contributed by atoms with Crippen LogP contribution < -0.4 is 10.1 Å². The molecule has 15 heteroatoms. The highest BCUT2D eigenvalue weighted by molar-refractivity contribution is 7.92. The Morgan fingerprint density at radius 2 is 1.65 bits per heavy atom. The summed E-state index contributed by atoms with van der Waals surface area (Å²) in [4.78, 5) is 46.9. The summed E-state index contributed by atoms with van der Waals surface area (Å²) in [5, 5.41) is 2.89. The lowest BCUT2D eigenvalue weighted by Crippen LogP contribution is -2.31. The molecule has 5 rings (SSSR count). The maximum absolute atomic E-state index is 14.6. The number of carbonyl (C=O) groups is 3. The molecule has 4 aromatic rings. The van der Waals surface area contributed by atoms with E-state index in [1.165, 1.54) is 6.26 Å². The Kier molecular flexibility index (Phi) is 10.0. The summed E-state index contributed by atoms with van der Waals surface area (Å²) in [6.45, 7) is 5.12. The molecule has 1 aliphatic rings. The number of nitrogens with zero attached hydrogens (tertiary/aromatic N) is 4. The summed E-state index contributed by atoms with van der Waals surface area (Å²) < 4.78 is 70.8. The molecule has 0 spiro atoms. The third-order valence-corrected chi connectivity index (χ3v) is 8.33. The van der Waals surface area contributed by atoms with Crippen LogP contribution in [0, 0.1) is 17.5 Å². The summed E-state index contributed by atoms with van der Waals surface area (Å²) in [7, 11) is -3.16. The number of amides is 3. The highest BCUT2D eigenvalue weighted by atomic mass is 32.2. The SMILES string of the molecule is CC(C)(C)OC(=O)N=S(C)(=O)Cc1cc(Nc2ncc(F)c(-c3ccc(F)cc3F)n2)cc(OCCCN2C(=O)c3ccccc3C2=O)c1. The largest absolute Gasteiger partial charge is 0.493 e. The molecular weight excluding hydrogens is 663 g/mol. The summed E-state index contributed by atoms with van der Waals surface area (Å²) in [6.07, 6.45) is 1.42. The number of halogens is 3. The number of rotatable bonds is 10. The molecule has 49 heavy (non-hydrogen) atoms. The van der Waals surface area contributed by atoms with Crippen LogP contribution in [0.1, 0.15) is 53.5 Å². The Bertz CT molecular complexity index is 2040. The summed E-state index contributed by atoms with van der Waals surface area (Å²) in [6, 6.07) is 13.9. The van der Waals surface area contributed by atoms with E-state index in [0.29, 0.717) is 22.8 Å². The number of aromatic nitrogens is 2. The number of fused-ring (bicyclic) bond motifs is 1. The van der Waals surface area contributed by atoms with Crippen LogP contribution in [0.5, 0.6) is 5.75 Å². The molecule has 0 saturated carbocycles. The van der Waals surface area contributed by atoms with Crippen molar-refractivity contribution in [3.63, 3.8) is 0 Å². The lowest BCUT2D eigenvalue weighted by molar-refractivity contribution is 0.0603. The zero-order chi connectivity index (χ0) is 35.5. The molecule has 0 aliphatic carbocycles. The Morgan fingerprint density at radius 3 is 2.31 bits per heavy atom. The van der Waals surface area contributed by atoms with Crippen molar-refractivity contribution in [2.24, 2.45) is 4.36 Å². The maximum atomic E-state index is 14.6. The molecule has 0 bridgehead atoms. The van der Waals surface area contributed by atoms with Crippen LogP contribution >= 0.6 is 0 Å². The first-order valence-electron chi connectivity index (χ1n) is 15.0. The molecule has 0 radical (unpaired) electrons. The van der Waals surface area contributed by atoms with Gasteiger partial charge in [-0.05, 0) is 69.2 Å². The van der Waals surface area contributed by atoms with Crippen LogP contribution in [0.4, 0.5) is 29.6 Å². The van der Waals surface area contributed by atoms with E-state index in [1.54, 1.807) is 63.2 Å². The smallest absolute Gasteiger partial charge is 0.442 e. The molecule has 1 aromatic heterocycles. The number of hydrogen-bond donors (Lipinski definition) is 1. The van der Waals surface area contributed by atoms with E-state index >= 15 is 0 Å². The minimum Gasteiger partial charge on any atom is -0.493 e. The average molecular weight is 696 g/mol. The Hall–Kier alpha value is -5.31. The normalized spacial score (nSPS) is 13.9. The third-order valence-electron chi connectivity index (χ3n) is 6.92. The fourth-order valence-corrected chi connectivity index (χ4v) is 6.16. The first kappa shape index (κ1) is 35.0. The van der Waals surface area contributed by atoms with Crippen molar-refractivity contribution < 1.29 is 41.2 Å². The van der Waals surface area contributed by atoms with Gasteiger partial charge in [0.05, 0.1) is 39.4 Å². The number of benzene rings is 3. The molecule has 2 heterocycles. The summed E-state index contributed by atoms with van der Waals surface area (Å²) >= 11 is 0. The van der Waals surface area contributed by atoms with Gasteiger partial charge in [0, 0.05) is 36.2 Å². The Labute approximate surface area is 280 Å². The van der Waals surface area contributed by atoms with Gasteiger partial charge in [0.1, 0.15) is 28.7 Å². The predicted molar refractivity (Wildman–Crippen MR) is 175 cm³/mol. The van der Waals surface area contributed by atoms with Crippen molar-refractivity contribution >= 4 is 39.3 Å². The van der Waals surface area contributed by atoms with Gasteiger partial charge in [-0.2, -0.15) is 0 Å². The molecule has 1 atom stereocenters. The highest BCUT2D eigenvalue weighted by Gasteiger charge is 2.34. The maximum Gasteiger partial charge on any atom is 0.442 e. The van der Waals surface area contributed by atoms with Crippen LogP contribution in [0.25, 0.3) is 11.3 Å². The molecule has 256 valence electrons. The number of hydrogen-bond acceptors (Lipinski definition) is 9. The number of imide groups is 1. The molecule has 11 nitrogen and oxygen atoms in total. The summed E-state index contributed by atoms with van der Waals surface area (Å²) in [5.74, 6) is -3.67. The first-order chi connectivity index (χ1) is 23.1. The van der Waals surface area contributed by atoms with Gasteiger partial charge in [-0.3, -0.25) is 14.5 Å². The van der Waals surface area contributed by atoms with Crippen molar-refractivity contribution in [1.29, 1.82) is 0 Å². The van der Waals surface area contributed by atoms with E-state index in [9.17, 15) is 31.8 Å². The van der Waals surface area contributed by atoms with Gasteiger partial charge in [0.15, 0.2) is 5.82 Å². The van der Waals surface area contributed by atoms with E-state index in [0.717, 1.165) is 23.2 Å². The molecule has 1 N–H and O–H groups in total. The van der Waals surface area contributed by atoms with Crippen molar-refractivity contribution in [2.45, 2.75) is 38.5 Å². The number of carbonyl (C=O) groups excluding carboxylic acids is 3. The molecule has 0 fully saturated rings. The monoisotopic (exact) mass is 695 g/mol. The molecule has 1 aliphatic heterocycles. The van der Waals surface area contributed by atoms with Crippen LogP contribution in [-0.2, 0) is 20.2 Å². The van der Waals surface area contributed by atoms with E-state index in [4.69, 9.17) is 9.47 Å². The fourth-order valence-electron chi connectivity index (χ4n) is 4.96. The van der Waals surface area contributed by atoms with Gasteiger partial charge in [-0.15, -0.1) is 4.36 Å². The van der Waals surface area contributed by atoms with Gasteiger partial charge in [0.2, 0.25) is 5.95 Å². The van der Waals surface area contributed by atoms with Crippen molar-refractivity contribution in [2.75, 3.05) is 24.7 Å². The van der Waals surface area contributed by atoms with E-state index in [-0.39, 0.29) is 60.1 Å². The van der Waals surface area contributed by atoms with Gasteiger partial charge in [0.25, 0.3) is 11.8 Å². The second-order valence-corrected chi connectivity index (χ2v) is 14.6. The van der Waals surface area contributed by atoms with E-state index < -0.39 is 44.6 Å². The van der Waals surface area contributed by atoms with Gasteiger partial charge in [-0.25, -0.2) is 32.1 Å². The molecular formula is C34H32F3N5O6S. The quantitative estimate of drug-likeness (QED) is 0.139. The third kappa shape index (κ3) is 8.79. The first-order valence-corrected chi connectivity index (χ1v) is 17.1. The van der Waals surface area contributed by atoms with Crippen LogP contribution in [0.3, 0.4) is 0 Å². The second kappa shape index (κ2) is 14.0. The highest BCUT2D eigenvalue weighted by Crippen LogP contribution is 2.29. The second-order valence-electron chi connectivity index (χ2n) is 12.2. The van der Waals surface area contributed by atoms with Crippen LogP contribution in [0.15, 0.2) is 71.2 Å². The number of ether oxygens (including phenoxy) is 2. The van der Waals surface area contributed by atoms with Crippen LogP contribution in [-0.4, -0.2) is 62.0 Å². The number of nitrogens with one attached hydrogen (secondary N) is 1.